The van der Waals surface area contributed by atoms with Crippen molar-refractivity contribution in [2.45, 2.75) is 52.1 Å². The number of rotatable bonds is 8. The second-order valence-corrected chi connectivity index (χ2v) is 8.65. The Kier molecular flexibility index (Phi) is 5.21. The lowest BCUT2D eigenvalue weighted by Crippen LogP contribution is -2.29. The zero-order valence-corrected chi connectivity index (χ0v) is 18.7. The summed E-state index contributed by atoms with van der Waals surface area (Å²) in [5.74, 6) is 1.40. The summed E-state index contributed by atoms with van der Waals surface area (Å²) >= 11 is 0. The number of ether oxygens (including phenoxy) is 1. The Bertz CT molecular complexity index is 1220. The van der Waals surface area contributed by atoms with E-state index < -0.39 is 5.60 Å². The van der Waals surface area contributed by atoms with E-state index in [-0.39, 0.29) is 0 Å². The van der Waals surface area contributed by atoms with E-state index in [1.807, 2.05) is 51.1 Å². The molecule has 0 bridgehead atoms. The van der Waals surface area contributed by atoms with E-state index in [2.05, 4.69) is 15.1 Å². The molecular formula is C25H28N4O3. The summed E-state index contributed by atoms with van der Waals surface area (Å²) < 4.78 is 11.1. The van der Waals surface area contributed by atoms with E-state index in [1.165, 1.54) is 12.8 Å². The van der Waals surface area contributed by atoms with Crippen molar-refractivity contribution in [2.24, 2.45) is 5.92 Å². The van der Waals surface area contributed by atoms with Crippen molar-refractivity contribution in [3.63, 3.8) is 0 Å². The van der Waals surface area contributed by atoms with Crippen LogP contribution in [0.1, 0.15) is 55.3 Å². The number of fused-ring (bicyclic) bond motifs is 1. The van der Waals surface area contributed by atoms with Crippen molar-refractivity contribution in [2.75, 3.05) is 6.61 Å². The SMILES string of the molecule is CCOc1nc2c(C(O)(CCC3CC3)c3ccccn3)cc(-c3c(C)noc3C)cc2[nH]1. The van der Waals surface area contributed by atoms with Gasteiger partial charge in [-0.1, -0.05) is 24.1 Å². The number of aromatic amines is 1. The molecule has 1 aliphatic rings. The van der Waals surface area contributed by atoms with Gasteiger partial charge in [0.15, 0.2) is 0 Å². The van der Waals surface area contributed by atoms with Crippen LogP contribution in [-0.2, 0) is 5.60 Å². The van der Waals surface area contributed by atoms with Crippen molar-refractivity contribution in [3.05, 3.63) is 59.2 Å². The van der Waals surface area contributed by atoms with Crippen LogP contribution in [0.25, 0.3) is 22.2 Å². The first kappa shape index (κ1) is 20.7. The van der Waals surface area contributed by atoms with Gasteiger partial charge in [-0.05, 0) is 69.4 Å². The van der Waals surface area contributed by atoms with Gasteiger partial charge in [-0.15, -0.1) is 0 Å². The van der Waals surface area contributed by atoms with Crippen molar-refractivity contribution < 1.29 is 14.4 Å². The largest absolute Gasteiger partial charge is 0.465 e. The van der Waals surface area contributed by atoms with Crippen molar-refractivity contribution in [1.29, 1.82) is 0 Å². The first-order chi connectivity index (χ1) is 15.5. The van der Waals surface area contributed by atoms with E-state index in [9.17, 15) is 5.11 Å². The third kappa shape index (κ3) is 3.66. The maximum atomic E-state index is 12.2. The first-order valence-corrected chi connectivity index (χ1v) is 11.2. The predicted molar refractivity (Wildman–Crippen MR) is 121 cm³/mol. The minimum atomic E-state index is -1.28. The molecule has 32 heavy (non-hydrogen) atoms. The van der Waals surface area contributed by atoms with Gasteiger partial charge in [-0.25, -0.2) is 0 Å². The third-order valence-corrected chi connectivity index (χ3v) is 6.31. The Morgan fingerprint density at radius 2 is 2.09 bits per heavy atom. The number of aromatic nitrogens is 4. The minimum Gasteiger partial charge on any atom is -0.465 e. The van der Waals surface area contributed by atoms with Gasteiger partial charge in [0.25, 0.3) is 6.01 Å². The van der Waals surface area contributed by atoms with E-state index in [4.69, 9.17) is 14.2 Å². The molecule has 1 aromatic carbocycles. The molecule has 0 aliphatic heterocycles. The molecule has 7 nitrogen and oxygen atoms in total. The lowest BCUT2D eigenvalue weighted by molar-refractivity contribution is 0.0638. The Hall–Kier alpha value is -3.19. The highest BCUT2D eigenvalue weighted by molar-refractivity contribution is 5.87. The highest BCUT2D eigenvalue weighted by Crippen LogP contribution is 2.44. The van der Waals surface area contributed by atoms with Gasteiger partial charge in [-0.2, -0.15) is 4.98 Å². The Balaban J connectivity index is 1.75. The van der Waals surface area contributed by atoms with Crippen LogP contribution >= 0.6 is 0 Å². The second kappa shape index (κ2) is 8.06. The fourth-order valence-electron chi connectivity index (χ4n) is 4.48. The predicted octanol–water partition coefficient (Wildman–Crippen LogP) is 5.05. The summed E-state index contributed by atoms with van der Waals surface area (Å²) in [6, 6.07) is 10.1. The van der Waals surface area contributed by atoms with Crippen molar-refractivity contribution >= 4 is 11.0 Å². The van der Waals surface area contributed by atoms with Crippen LogP contribution in [0.4, 0.5) is 0 Å². The van der Waals surface area contributed by atoms with Crippen LogP contribution in [0.3, 0.4) is 0 Å². The van der Waals surface area contributed by atoms with Crippen LogP contribution in [0, 0.1) is 19.8 Å². The fraction of sp³-hybridized carbons (Fsp3) is 0.400. The lowest BCUT2D eigenvalue weighted by Gasteiger charge is -2.29. The molecule has 5 rings (SSSR count). The van der Waals surface area contributed by atoms with Gasteiger partial charge in [0.1, 0.15) is 11.4 Å². The molecule has 0 amide bonds. The number of aliphatic hydroxyl groups is 1. The molecule has 3 aromatic heterocycles. The van der Waals surface area contributed by atoms with Crippen molar-refractivity contribution in [3.8, 4) is 17.1 Å². The fourth-order valence-corrected chi connectivity index (χ4v) is 4.48. The van der Waals surface area contributed by atoms with Crippen LogP contribution in [-0.4, -0.2) is 31.8 Å². The van der Waals surface area contributed by atoms with Gasteiger partial charge in [-0.3, -0.25) is 4.98 Å². The molecule has 1 saturated carbocycles. The second-order valence-electron chi connectivity index (χ2n) is 8.65. The van der Waals surface area contributed by atoms with Gasteiger partial charge in [0.2, 0.25) is 0 Å². The van der Waals surface area contributed by atoms with Crippen LogP contribution < -0.4 is 4.74 Å². The molecular weight excluding hydrogens is 404 g/mol. The number of imidazole rings is 1. The lowest BCUT2D eigenvalue weighted by atomic mass is 9.82. The number of pyridine rings is 1. The van der Waals surface area contributed by atoms with Gasteiger partial charge >= 0.3 is 0 Å². The highest BCUT2D eigenvalue weighted by atomic mass is 16.5. The average Bonchev–Trinajstić information content (AvgIpc) is 3.45. The molecule has 1 fully saturated rings. The number of aryl methyl sites for hydroxylation is 2. The molecule has 1 unspecified atom stereocenters. The quantitative estimate of drug-likeness (QED) is 0.404. The summed E-state index contributed by atoms with van der Waals surface area (Å²) in [4.78, 5) is 12.5. The zero-order valence-electron chi connectivity index (χ0n) is 18.7. The number of nitrogens with one attached hydrogen (secondary N) is 1. The molecule has 1 aliphatic carbocycles. The molecule has 7 heteroatoms. The molecule has 3 heterocycles. The van der Waals surface area contributed by atoms with Crippen LogP contribution in [0.15, 0.2) is 41.1 Å². The molecule has 0 saturated heterocycles. The van der Waals surface area contributed by atoms with Gasteiger partial charge < -0.3 is 19.4 Å². The highest BCUT2D eigenvalue weighted by Gasteiger charge is 2.38. The number of benzene rings is 1. The monoisotopic (exact) mass is 432 g/mol. The topological polar surface area (TPSA) is 97.1 Å². The molecule has 0 spiro atoms. The number of hydrogen-bond donors (Lipinski definition) is 2. The molecule has 2 N–H and O–H groups in total. The van der Waals surface area contributed by atoms with E-state index in [1.54, 1.807) is 6.20 Å². The maximum Gasteiger partial charge on any atom is 0.294 e. The smallest absolute Gasteiger partial charge is 0.294 e. The number of H-pyrrole nitrogens is 1. The standard InChI is InChI=1S/C25H28N4O3/c1-4-31-24-27-20-14-18(22-15(2)29-32-16(22)3)13-19(23(20)28-24)25(30,11-10-17-8-9-17)21-7-5-6-12-26-21/h5-7,12-14,17,30H,4,8-11H2,1-3H3,(H,27,28). The first-order valence-electron chi connectivity index (χ1n) is 11.2. The maximum absolute atomic E-state index is 12.2. The summed E-state index contributed by atoms with van der Waals surface area (Å²) in [7, 11) is 0. The molecule has 166 valence electrons. The molecule has 0 radical (unpaired) electrons. The van der Waals surface area contributed by atoms with Crippen LogP contribution in [0.5, 0.6) is 6.01 Å². The van der Waals surface area contributed by atoms with E-state index in [0.717, 1.165) is 34.5 Å². The summed E-state index contributed by atoms with van der Waals surface area (Å²) in [5.41, 5.74) is 4.18. The normalized spacial score (nSPS) is 15.8. The van der Waals surface area contributed by atoms with E-state index >= 15 is 0 Å². The minimum absolute atomic E-state index is 0.435. The van der Waals surface area contributed by atoms with Crippen molar-refractivity contribution in [1.82, 2.24) is 20.1 Å². The number of hydrogen-bond acceptors (Lipinski definition) is 6. The van der Waals surface area contributed by atoms with Crippen LogP contribution in [0.2, 0.25) is 0 Å². The van der Waals surface area contributed by atoms with E-state index in [0.29, 0.717) is 41.7 Å². The zero-order chi connectivity index (χ0) is 22.3. The molecule has 4 aromatic rings. The number of nitrogens with zero attached hydrogens (tertiary/aromatic N) is 3. The Labute approximate surface area is 186 Å². The Morgan fingerprint density at radius 1 is 1.25 bits per heavy atom. The summed E-state index contributed by atoms with van der Waals surface area (Å²) in [5, 5.41) is 16.4. The molecule has 1 atom stereocenters. The summed E-state index contributed by atoms with van der Waals surface area (Å²) in [6.45, 7) is 6.24. The summed E-state index contributed by atoms with van der Waals surface area (Å²) in [6.07, 6.45) is 5.69. The van der Waals surface area contributed by atoms with Gasteiger partial charge in [0, 0.05) is 17.3 Å². The third-order valence-electron chi connectivity index (χ3n) is 6.31. The Morgan fingerprint density at radius 3 is 2.75 bits per heavy atom. The average molecular weight is 433 g/mol. The van der Waals surface area contributed by atoms with Gasteiger partial charge in [0.05, 0.1) is 29.0 Å².